The zero-order valence-electron chi connectivity index (χ0n) is 16.8. The van der Waals surface area contributed by atoms with Gasteiger partial charge in [-0.25, -0.2) is 4.79 Å². The van der Waals surface area contributed by atoms with Gasteiger partial charge in [0.1, 0.15) is 5.75 Å². The van der Waals surface area contributed by atoms with Gasteiger partial charge in [-0.3, -0.25) is 9.59 Å². The first kappa shape index (κ1) is 21.4. The number of benzene rings is 1. The third-order valence-corrected chi connectivity index (χ3v) is 5.89. The van der Waals surface area contributed by atoms with E-state index in [1.165, 1.54) is 32.6 Å². The fourth-order valence-corrected chi connectivity index (χ4v) is 4.39. The Labute approximate surface area is 176 Å². The van der Waals surface area contributed by atoms with Crippen molar-refractivity contribution in [2.75, 3.05) is 0 Å². The van der Waals surface area contributed by atoms with Crippen LogP contribution in [0.4, 0.5) is 4.79 Å². The first-order chi connectivity index (χ1) is 13.9. The highest BCUT2D eigenvalue weighted by molar-refractivity contribution is 6.32. The fraction of sp³-hybridized carbons (Fsp3) is 0.500. The minimum atomic E-state index is -0.585. The first-order valence-electron chi connectivity index (χ1n) is 10.2. The molecular formula is C22H27ClN2O4. The Balaban J connectivity index is 1.92. The standard InChI is InChI=1S/C22H27ClN2O4/c1-3-18(27)20-17(10-8-14-6-4-5-7-14)24-22(28)25-21(20)15-9-11-19(16(23)12-15)29-13(2)26/h9,11-12,14,21H,3-8,10H2,1-2H3,(H2,24,25,28). The molecule has 6 nitrogen and oxygen atoms in total. The molecule has 7 heteroatoms. The summed E-state index contributed by atoms with van der Waals surface area (Å²) in [7, 11) is 0. The predicted octanol–water partition coefficient (Wildman–Crippen LogP) is 4.82. The summed E-state index contributed by atoms with van der Waals surface area (Å²) in [5.74, 6) is 0.426. The summed E-state index contributed by atoms with van der Waals surface area (Å²) in [4.78, 5) is 36.3. The van der Waals surface area contributed by atoms with E-state index in [1.54, 1.807) is 18.2 Å². The molecule has 29 heavy (non-hydrogen) atoms. The van der Waals surface area contributed by atoms with Gasteiger partial charge in [-0.1, -0.05) is 50.3 Å². The van der Waals surface area contributed by atoms with Gasteiger partial charge in [0, 0.05) is 24.6 Å². The van der Waals surface area contributed by atoms with Crippen molar-refractivity contribution in [3.8, 4) is 5.75 Å². The maximum absolute atomic E-state index is 12.8. The average Bonchev–Trinajstić information content (AvgIpc) is 3.20. The van der Waals surface area contributed by atoms with Crippen molar-refractivity contribution >= 4 is 29.4 Å². The quantitative estimate of drug-likeness (QED) is 0.491. The summed E-state index contributed by atoms with van der Waals surface area (Å²) in [5.41, 5.74) is 1.97. The van der Waals surface area contributed by atoms with Gasteiger partial charge in [0.2, 0.25) is 0 Å². The van der Waals surface area contributed by atoms with E-state index in [-0.39, 0.29) is 22.6 Å². The van der Waals surface area contributed by atoms with Gasteiger partial charge in [0.05, 0.1) is 11.1 Å². The molecule has 2 aliphatic rings. The van der Waals surface area contributed by atoms with Crippen LogP contribution in [0.25, 0.3) is 0 Å². The smallest absolute Gasteiger partial charge is 0.319 e. The van der Waals surface area contributed by atoms with E-state index in [2.05, 4.69) is 10.6 Å². The van der Waals surface area contributed by atoms with Crippen molar-refractivity contribution in [1.29, 1.82) is 0 Å². The number of carbonyl (C=O) groups excluding carboxylic acids is 3. The van der Waals surface area contributed by atoms with Gasteiger partial charge in [-0.05, 0) is 36.5 Å². The van der Waals surface area contributed by atoms with Crippen LogP contribution in [0, 0.1) is 5.92 Å². The molecule has 0 saturated heterocycles. The van der Waals surface area contributed by atoms with Crippen LogP contribution in [0.2, 0.25) is 5.02 Å². The number of ketones is 1. The van der Waals surface area contributed by atoms with Gasteiger partial charge in [-0.15, -0.1) is 0 Å². The number of allylic oxidation sites excluding steroid dienone is 1. The Kier molecular flexibility index (Phi) is 6.96. The molecule has 2 N–H and O–H groups in total. The average molecular weight is 419 g/mol. The summed E-state index contributed by atoms with van der Waals surface area (Å²) in [6, 6.07) is 4.02. The highest BCUT2D eigenvalue weighted by Crippen LogP contribution is 2.36. The normalized spacial score (nSPS) is 19.7. The molecule has 3 rings (SSSR count). The van der Waals surface area contributed by atoms with E-state index in [0.29, 0.717) is 35.6 Å². The number of esters is 1. The van der Waals surface area contributed by atoms with Crippen LogP contribution >= 0.6 is 11.6 Å². The number of hydrogen-bond acceptors (Lipinski definition) is 4. The lowest BCUT2D eigenvalue weighted by molar-refractivity contribution is -0.131. The van der Waals surface area contributed by atoms with Crippen LogP contribution in [0.15, 0.2) is 29.5 Å². The van der Waals surface area contributed by atoms with Gasteiger partial charge >= 0.3 is 12.0 Å². The minimum Gasteiger partial charge on any atom is -0.425 e. The molecule has 0 spiro atoms. The lowest BCUT2D eigenvalue weighted by atomic mass is 9.88. The van der Waals surface area contributed by atoms with Crippen LogP contribution < -0.4 is 15.4 Å². The molecule has 1 aromatic carbocycles. The molecule has 1 aliphatic carbocycles. The summed E-state index contributed by atoms with van der Waals surface area (Å²) in [6.07, 6.45) is 6.93. The monoisotopic (exact) mass is 418 g/mol. The summed E-state index contributed by atoms with van der Waals surface area (Å²) in [5, 5.41) is 5.96. The Bertz CT molecular complexity index is 843. The number of amides is 2. The SMILES string of the molecule is CCC(=O)C1=C(CCC2CCCC2)NC(=O)NC1c1ccc(OC(C)=O)c(Cl)c1. The Morgan fingerprint density at radius 3 is 2.59 bits per heavy atom. The molecule has 1 atom stereocenters. The number of carbonyl (C=O) groups is 3. The van der Waals surface area contributed by atoms with Gasteiger partial charge in [0.25, 0.3) is 0 Å². The van der Waals surface area contributed by atoms with Crippen LogP contribution in [0.1, 0.15) is 70.4 Å². The van der Waals surface area contributed by atoms with Crippen molar-refractivity contribution in [3.05, 3.63) is 40.1 Å². The lowest BCUT2D eigenvalue weighted by Gasteiger charge is -2.30. The second kappa shape index (κ2) is 9.44. The number of ether oxygens (including phenoxy) is 1. The van der Waals surface area contributed by atoms with E-state index in [9.17, 15) is 14.4 Å². The Morgan fingerprint density at radius 2 is 1.97 bits per heavy atom. The number of rotatable bonds is 7. The summed E-state index contributed by atoms with van der Waals surface area (Å²) < 4.78 is 5.07. The van der Waals surface area contributed by atoms with Crippen molar-refractivity contribution in [1.82, 2.24) is 10.6 Å². The maximum Gasteiger partial charge on any atom is 0.319 e. The summed E-state index contributed by atoms with van der Waals surface area (Å²) >= 11 is 6.27. The Morgan fingerprint density at radius 1 is 1.24 bits per heavy atom. The highest BCUT2D eigenvalue weighted by atomic mass is 35.5. The fourth-order valence-electron chi connectivity index (χ4n) is 4.17. The lowest BCUT2D eigenvalue weighted by Crippen LogP contribution is -2.45. The zero-order chi connectivity index (χ0) is 21.0. The molecule has 1 saturated carbocycles. The van der Waals surface area contributed by atoms with Crippen molar-refractivity contribution in [3.63, 3.8) is 0 Å². The molecule has 1 aromatic rings. The molecule has 2 amide bonds. The molecular weight excluding hydrogens is 392 g/mol. The molecule has 0 radical (unpaired) electrons. The number of Topliss-reactive ketones (excluding diaryl/α,β-unsaturated/α-hetero) is 1. The number of urea groups is 1. The molecule has 0 bridgehead atoms. The largest absolute Gasteiger partial charge is 0.425 e. The van der Waals surface area contributed by atoms with Gasteiger partial charge in [0.15, 0.2) is 5.78 Å². The Hall–Kier alpha value is -2.34. The zero-order valence-corrected chi connectivity index (χ0v) is 17.6. The summed E-state index contributed by atoms with van der Waals surface area (Å²) in [6.45, 7) is 3.11. The maximum atomic E-state index is 12.8. The first-order valence-corrected chi connectivity index (χ1v) is 10.6. The van der Waals surface area contributed by atoms with Crippen molar-refractivity contribution in [2.45, 2.75) is 64.8 Å². The van der Waals surface area contributed by atoms with Gasteiger partial charge in [-0.2, -0.15) is 0 Å². The van der Waals surface area contributed by atoms with Crippen molar-refractivity contribution in [2.24, 2.45) is 5.92 Å². The third-order valence-electron chi connectivity index (χ3n) is 5.60. The number of halogens is 1. The van der Waals surface area contributed by atoms with E-state index >= 15 is 0 Å². The topological polar surface area (TPSA) is 84.5 Å². The van der Waals surface area contributed by atoms with Crippen LogP contribution in [-0.2, 0) is 9.59 Å². The highest BCUT2D eigenvalue weighted by Gasteiger charge is 2.32. The van der Waals surface area contributed by atoms with Gasteiger partial charge < -0.3 is 15.4 Å². The van der Waals surface area contributed by atoms with E-state index < -0.39 is 12.0 Å². The number of hydrogen-bond donors (Lipinski definition) is 2. The van der Waals surface area contributed by atoms with E-state index in [4.69, 9.17) is 16.3 Å². The van der Waals surface area contributed by atoms with Crippen LogP contribution in [0.5, 0.6) is 5.75 Å². The van der Waals surface area contributed by atoms with Crippen molar-refractivity contribution < 1.29 is 19.1 Å². The second-order valence-corrected chi connectivity index (χ2v) is 8.08. The van der Waals surface area contributed by atoms with Crippen LogP contribution in [-0.4, -0.2) is 17.8 Å². The molecule has 1 heterocycles. The third kappa shape index (κ3) is 5.18. The molecule has 0 aromatic heterocycles. The van der Waals surface area contributed by atoms with Crippen LogP contribution in [0.3, 0.4) is 0 Å². The number of nitrogens with one attached hydrogen (secondary N) is 2. The van der Waals surface area contributed by atoms with E-state index in [1.807, 2.05) is 6.92 Å². The predicted molar refractivity (Wildman–Crippen MR) is 111 cm³/mol. The van der Waals surface area contributed by atoms with E-state index in [0.717, 1.165) is 6.42 Å². The molecule has 1 fully saturated rings. The molecule has 1 unspecified atom stereocenters. The second-order valence-electron chi connectivity index (χ2n) is 7.67. The molecule has 156 valence electrons. The molecule has 1 aliphatic heterocycles. The minimum absolute atomic E-state index is 0.0101.